The Kier molecular flexibility index (Phi) is 6.79. The molecule has 3 aliphatic heterocycles. The summed E-state index contributed by atoms with van der Waals surface area (Å²) in [4.78, 5) is 40.7. The Bertz CT molecular complexity index is 1640. The van der Waals surface area contributed by atoms with Crippen LogP contribution in [0.2, 0.25) is 0 Å². The maximum absolute atomic E-state index is 13.8. The maximum Gasteiger partial charge on any atom is 0.306 e. The van der Waals surface area contributed by atoms with Crippen molar-refractivity contribution in [1.29, 1.82) is 0 Å². The summed E-state index contributed by atoms with van der Waals surface area (Å²) in [5.74, 6) is -4.32. The van der Waals surface area contributed by atoms with Crippen LogP contribution in [0.25, 0.3) is 0 Å². The molecular weight excluding hydrogens is 636 g/mol. The first-order chi connectivity index (χ1) is 23.1. The van der Waals surface area contributed by atoms with Crippen LogP contribution < -0.4 is 0 Å². The quantitative estimate of drug-likeness (QED) is 0.230. The standard InChI is InChI=1S/C37H48O12/c1-9-20(3)17-44-29-31(6)19-34-32(7,23(31)15-25(39)42-8)33-13-12-30(5)24(16-26(40)45-27(30)22-11-14-43-18-22)36(33,49-35(10-2,47-33)48-34)28(41)37(29,34)46-21(4)38/h9,11,14,18,23-24,27-29,41H,10,12-13,15-17,19H2,1-8H3/b20-9+/t23-,24+,27-,28-,29-,30+,31+,32-,33-,34+,35+,36+,37+/m0/s1. The van der Waals surface area contributed by atoms with E-state index >= 15 is 0 Å². The molecule has 12 heteroatoms. The number of hydrogen-bond donors (Lipinski definition) is 1. The molecule has 1 aromatic rings. The molecule has 1 aromatic heterocycles. The van der Waals surface area contributed by atoms with Gasteiger partial charge in [0.2, 0.25) is 0 Å². The summed E-state index contributed by atoms with van der Waals surface area (Å²) in [6.45, 7) is 13.4. The Morgan fingerprint density at radius 1 is 1.08 bits per heavy atom. The van der Waals surface area contributed by atoms with Crippen molar-refractivity contribution in [2.75, 3.05) is 13.7 Å². The summed E-state index contributed by atoms with van der Waals surface area (Å²) < 4.78 is 52.1. The lowest BCUT2D eigenvalue weighted by Gasteiger charge is -2.77. The molecule has 13 atom stereocenters. The summed E-state index contributed by atoms with van der Waals surface area (Å²) >= 11 is 0. The highest BCUT2D eigenvalue weighted by Gasteiger charge is 3.04. The lowest BCUT2D eigenvalue weighted by Crippen LogP contribution is -2.93. The molecule has 1 N–H and O–H groups in total. The van der Waals surface area contributed by atoms with Crippen molar-refractivity contribution >= 4 is 17.9 Å². The van der Waals surface area contributed by atoms with Crippen molar-refractivity contribution in [2.45, 2.75) is 134 Å². The number of carbonyl (C=O) groups excluding carboxylic acids is 3. The van der Waals surface area contributed by atoms with Crippen molar-refractivity contribution in [1.82, 2.24) is 0 Å². The summed E-state index contributed by atoms with van der Waals surface area (Å²) in [5.41, 5.74) is -7.27. The van der Waals surface area contributed by atoms with E-state index in [2.05, 4.69) is 6.92 Å². The number of fused-ring (bicyclic) bond motifs is 3. The zero-order chi connectivity index (χ0) is 35.2. The van der Waals surface area contributed by atoms with Gasteiger partial charge in [-0.2, -0.15) is 0 Å². The smallest absolute Gasteiger partial charge is 0.306 e. The van der Waals surface area contributed by atoms with Crippen LogP contribution in [-0.4, -0.2) is 77.3 Å². The zero-order valence-corrected chi connectivity index (χ0v) is 29.6. The minimum absolute atomic E-state index is 0.00521. The average Bonchev–Trinajstić information content (AvgIpc) is 3.77. The number of hydrogen-bond acceptors (Lipinski definition) is 12. The number of carbonyl (C=O) groups is 3. The number of aliphatic hydroxyl groups excluding tert-OH is 1. The van der Waals surface area contributed by atoms with Gasteiger partial charge >= 0.3 is 17.9 Å². The molecule has 4 saturated carbocycles. The van der Waals surface area contributed by atoms with Crippen molar-refractivity contribution < 1.29 is 57.1 Å². The van der Waals surface area contributed by atoms with E-state index in [9.17, 15) is 19.5 Å². The number of furan rings is 1. The van der Waals surface area contributed by atoms with Crippen LogP contribution in [0.15, 0.2) is 34.7 Å². The van der Waals surface area contributed by atoms with Crippen LogP contribution in [0.4, 0.5) is 0 Å². The van der Waals surface area contributed by atoms with Crippen LogP contribution in [0.1, 0.15) is 98.7 Å². The van der Waals surface area contributed by atoms with E-state index in [-0.39, 0.29) is 25.9 Å². The van der Waals surface area contributed by atoms with Crippen LogP contribution in [0, 0.1) is 28.1 Å². The maximum atomic E-state index is 13.8. The monoisotopic (exact) mass is 684 g/mol. The van der Waals surface area contributed by atoms with Gasteiger partial charge in [-0.25, -0.2) is 0 Å². The predicted molar refractivity (Wildman–Crippen MR) is 168 cm³/mol. The molecule has 0 amide bonds. The Hall–Kier alpha value is -2.77. The highest BCUT2D eigenvalue weighted by atomic mass is 16.9. The van der Waals surface area contributed by atoms with Crippen molar-refractivity contribution in [3.63, 3.8) is 0 Å². The Labute approximate surface area is 286 Å². The molecule has 0 unspecified atom stereocenters. The molecule has 8 rings (SSSR count). The molecule has 4 aliphatic carbocycles. The van der Waals surface area contributed by atoms with Crippen molar-refractivity contribution in [3.8, 4) is 0 Å². The molecule has 7 aliphatic rings. The molecule has 4 heterocycles. The number of cyclic esters (lactones) is 1. The van der Waals surface area contributed by atoms with Gasteiger partial charge in [0.1, 0.15) is 35.1 Å². The predicted octanol–water partition coefficient (Wildman–Crippen LogP) is 4.68. The fourth-order valence-electron chi connectivity index (χ4n) is 12.8. The number of aliphatic hydroxyl groups is 1. The molecule has 3 saturated heterocycles. The number of allylic oxidation sites excluding steroid dienone is 1. The number of rotatable bonds is 8. The lowest BCUT2D eigenvalue weighted by atomic mass is 9.33. The normalized spacial score (nSPS) is 51.7. The third-order valence-electron chi connectivity index (χ3n) is 14.6. The highest BCUT2D eigenvalue weighted by molar-refractivity contribution is 5.73. The molecule has 0 aromatic carbocycles. The van der Waals surface area contributed by atoms with Gasteiger partial charge in [-0.05, 0) is 45.1 Å². The minimum Gasteiger partial charge on any atom is -0.472 e. The van der Waals surface area contributed by atoms with E-state index in [0.717, 1.165) is 5.57 Å². The molecule has 7 fully saturated rings. The number of esters is 3. The Morgan fingerprint density at radius 2 is 1.82 bits per heavy atom. The SMILES string of the molecule is C/C=C(\C)CO[C@H]1[C@]2(C)C[C@@]34O[C@]5(CC)O[C@]6([C@@H]7CC(=O)O[C@@H](c8ccoc8)[C@]7(C)CC[C@]6(O5)[C@]3(C)[C@H]2CC(=O)OC)[C@H](O)[C@@]14OC(C)=O. The summed E-state index contributed by atoms with van der Waals surface area (Å²) in [5, 5.41) is 13.5. The van der Waals surface area contributed by atoms with Gasteiger partial charge in [0.05, 0.1) is 32.7 Å². The van der Waals surface area contributed by atoms with E-state index in [0.29, 0.717) is 24.8 Å². The molecular formula is C37H48O12. The lowest BCUT2D eigenvalue weighted by molar-refractivity contribution is -0.483. The minimum atomic E-state index is -1.81. The van der Waals surface area contributed by atoms with Crippen LogP contribution in [0.5, 0.6) is 0 Å². The fraction of sp³-hybridized carbons (Fsp3) is 0.757. The van der Waals surface area contributed by atoms with Gasteiger partial charge in [-0.1, -0.05) is 39.3 Å². The summed E-state index contributed by atoms with van der Waals surface area (Å²) in [7, 11) is 1.37. The van der Waals surface area contributed by atoms with E-state index in [1.54, 1.807) is 18.6 Å². The van der Waals surface area contributed by atoms with Gasteiger partial charge in [-0.3, -0.25) is 14.4 Å². The second-order valence-corrected chi connectivity index (χ2v) is 16.3. The van der Waals surface area contributed by atoms with E-state index in [1.165, 1.54) is 14.0 Å². The first-order valence-electron chi connectivity index (χ1n) is 17.6. The van der Waals surface area contributed by atoms with Crippen LogP contribution in [-0.2, 0) is 47.5 Å². The van der Waals surface area contributed by atoms with Crippen LogP contribution >= 0.6 is 0 Å². The van der Waals surface area contributed by atoms with E-state index in [4.69, 9.17) is 37.6 Å². The largest absolute Gasteiger partial charge is 0.472 e. The topological polar surface area (TPSA) is 149 Å². The third-order valence-corrected chi connectivity index (χ3v) is 14.6. The molecule has 0 radical (unpaired) electrons. The molecule has 2 spiro atoms. The molecule has 12 nitrogen and oxygen atoms in total. The first kappa shape index (κ1) is 33.4. The van der Waals surface area contributed by atoms with E-state index in [1.807, 2.05) is 40.7 Å². The third kappa shape index (κ3) is 3.38. The van der Waals surface area contributed by atoms with E-state index < -0.39 is 92.7 Å². The number of methoxy groups -OCH3 is 1. The van der Waals surface area contributed by atoms with Gasteiger partial charge in [0.15, 0.2) is 5.60 Å². The van der Waals surface area contributed by atoms with Crippen molar-refractivity contribution in [2.24, 2.45) is 28.1 Å². The second-order valence-electron chi connectivity index (χ2n) is 16.3. The Morgan fingerprint density at radius 3 is 2.45 bits per heavy atom. The number of ether oxygens (including phenoxy) is 7. The fourth-order valence-corrected chi connectivity index (χ4v) is 12.8. The molecule has 268 valence electrons. The van der Waals surface area contributed by atoms with Crippen LogP contribution in [0.3, 0.4) is 0 Å². The highest BCUT2D eigenvalue weighted by Crippen LogP contribution is 2.90. The molecule has 4 bridgehead atoms. The zero-order valence-electron chi connectivity index (χ0n) is 29.6. The summed E-state index contributed by atoms with van der Waals surface area (Å²) in [6, 6.07) is 1.78. The Balaban J connectivity index is 1.45. The van der Waals surface area contributed by atoms with Gasteiger partial charge < -0.3 is 42.7 Å². The van der Waals surface area contributed by atoms with Gasteiger partial charge in [0.25, 0.3) is 5.97 Å². The average molecular weight is 685 g/mol. The van der Waals surface area contributed by atoms with Gasteiger partial charge in [-0.15, -0.1) is 0 Å². The molecule has 49 heavy (non-hydrogen) atoms. The second kappa shape index (κ2) is 9.97. The van der Waals surface area contributed by atoms with Crippen molar-refractivity contribution in [3.05, 3.63) is 35.8 Å². The first-order valence-corrected chi connectivity index (χ1v) is 17.6. The summed E-state index contributed by atoms with van der Waals surface area (Å²) in [6.07, 6.45) is 3.23. The van der Waals surface area contributed by atoms with Gasteiger partial charge in [0, 0.05) is 47.5 Å².